The Labute approximate surface area is 163 Å². The molecule has 2 heteroatoms. The van der Waals surface area contributed by atoms with Crippen molar-refractivity contribution < 1.29 is 9.90 Å². The van der Waals surface area contributed by atoms with Gasteiger partial charge in [0.2, 0.25) is 0 Å². The maximum Gasteiger partial charge on any atom is 0.190 e. The van der Waals surface area contributed by atoms with Crippen LogP contribution in [0.4, 0.5) is 0 Å². The van der Waals surface area contributed by atoms with Crippen LogP contribution < -0.4 is 0 Å². The molecule has 0 amide bonds. The summed E-state index contributed by atoms with van der Waals surface area (Å²) in [5, 5.41) is 14.8. The van der Waals surface area contributed by atoms with Gasteiger partial charge in [-0.2, -0.15) is 0 Å². The zero-order chi connectivity index (χ0) is 20.5. The maximum absolute atomic E-state index is 13.4. The van der Waals surface area contributed by atoms with E-state index in [1.165, 1.54) is 0 Å². The normalized spacial score (nSPS) is 15.3. The van der Waals surface area contributed by atoms with Crippen LogP contribution in [0.3, 0.4) is 0 Å². The largest absolute Gasteiger partial charge is 0.289 e. The summed E-state index contributed by atoms with van der Waals surface area (Å²) in [4.78, 5) is 13.4. The number of Topliss-reactive ketones (excluding diaryl/α,β-unsaturated/α-hetero) is 1. The summed E-state index contributed by atoms with van der Waals surface area (Å²) in [6, 6.07) is 6.01. The lowest BCUT2D eigenvalue weighted by Gasteiger charge is -2.30. The van der Waals surface area contributed by atoms with Crippen LogP contribution >= 0.6 is 0 Å². The number of allylic oxidation sites excluding steroid dienone is 1. The third-order valence-electron chi connectivity index (χ3n) is 5.49. The lowest BCUT2D eigenvalue weighted by Crippen LogP contribution is -2.22. The van der Waals surface area contributed by atoms with Crippen LogP contribution in [0, 0.1) is 5.41 Å². The van der Waals surface area contributed by atoms with Gasteiger partial charge in [-0.05, 0) is 45.6 Å². The molecule has 1 aliphatic rings. The van der Waals surface area contributed by atoms with Crippen LogP contribution in [0.2, 0.25) is 0 Å². The summed E-state index contributed by atoms with van der Waals surface area (Å²) in [7, 11) is 0. The topological polar surface area (TPSA) is 37.0 Å². The van der Waals surface area contributed by atoms with Gasteiger partial charge in [-0.25, -0.2) is 0 Å². The van der Waals surface area contributed by atoms with E-state index >= 15 is 0 Å². The quantitative estimate of drug-likeness (QED) is 0.487. The molecule has 0 heterocycles. The molecule has 0 bridgehead atoms. The minimum Gasteiger partial charge on any atom is -0.289 e. The van der Waals surface area contributed by atoms with Gasteiger partial charge >= 0.3 is 0 Å². The summed E-state index contributed by atoms with van der Waals surface area (Å²) in [6.07, 6.45) is 2.00. The van der Waals surface area contributed by atoms with Crippen molar-refractivity contribution in [3.8, 4) is 5.75 Å². The molecule has 2 nitrogen and oxygen atoms in total. The first-order valence-corrected chi connectivity index (χ1v) is 9.72. The van der Waals surface area contributed by atoms with Crippen LogP contribution in [0.5, 0.6) is 5.75 Å². The average molecular weight is 364 g/mol. The summed E-state index contributed by atoms with van der Waals surface area (Å²) in [5.41, 5.74) is 3.67. The molecule has 0 saturated carbocycles. The number of rotatable bonds is 0. The second kappa shape index (κ2) is 5.70. The van der Waals surface area contributed by atoms with Crippen LogP contribution in [-0.2, 0) is 15.9 Å². The van der Waals surface area contributed by atoms with Gasteiger partial charge in [0.15, 0.2) is 11.5 Å². The minimum absolute atomic E-state index is 0.0500. The SMILES string of the molecule is CC(C)(C)C1=Cc2cc(C(C)(C)C)cc3c([O])c(C(C)(C)C)cc(c23)C1=O. The van der Waals surface area contributed by atoms with Crippen LogP contribution in [0.1, 0.15) is 89.4 Å². The number of carbonyl (C=O) groups excluding carboxylic acids is 1. The van der Waals surface area contributed by atoms with Crippen LogP contribution in [0.25, 0.3) is 16.8 Å². The van der Waals surface area contributed by atoms with Gasteiger partial charge in [-0.15, -0.1) is 0 Å². The van der Waals surface area contributed by atoms with Gasteiger partial charge in [0, 0.05) is 27.5 Å². The molecule has 2 aromatic rings. The Morgan fingerprint density at radius 2 is 1.33 bits per heavy atom. The zero-order valence-corrected chi connectivity index (χ0v) is 18.1. The Hall–Kier alpha value is -2.09. The molecule has 0 N–H and O–H groups in total. The first-order valence-electron chi connectivity index (χ1n) is 9.72. The first-order chi connectivity index (χ1) is 12.1. The maximum atomic E-state index is 13.4. The first kappa shape index (κ1) is 19.7. The molecular weight excluding hydrogens is 332 g/mol. The second-order valence-corrected chi connectivity index (χ2v) is 10.9. The van der Waals surface area contributed by atoms with Crippen LogP contribution in [0.15, 0.2) is 23.8 Å². The minimum atomic E-state index is -0.316. The van der Waals surface area contributed by atoms with Crippen molar-refractivity contribution in [2.45, 2.75) is 73.1 Å². The van der Waals surface area contributed by atoms with Gasteiger partial charge in [-0.1, -0.05) is 68.4 Å². The summed E-state index contributed by atoms with van der Waals surface area (Å²) in [6.45, 7) is 18.8. The molecule has 0 spiro atoms. The number of hydrogen-bond acceptors (Lipinski definition) is 1. The van der Waals surface area contributed by atoms with Crippen molar-refractivity contribution in [2.75, 3.05) is 0 Å². The van der Waals surface area contributed by atoms with Crippen molar-refractivity contribution in [3.05, 3.63) is 46.0 Å². The van der Waals surface area contributed by atoms with E-state index in [0.717, 1.165) is 22.1 Å². The highest BCUT2D eigenvalue weighted by molar-refractivity contribution is 6.24. The molecule has 1 radical (unpaired) electrons. The van der Waals surface area contributed by atoms with Crippen LogP contribution in [-0.4, -0.2) is 5.78 Å². The molecule has 2 aromatic carbocycles. The number of ketones is 1. The fraction of sp³-hybridized carbons (Fsp3) is 0.480. The molecule has 0 atom stereocenters. The molecule has 0 aliphatic heterocycles. The van der Waals surface area contributed by atoms with Gasteiger partial charge in [0.25, 0.3) is 0 Å². The molecule has 27 heavy (non-hydrogen) atoms. The van der Waals surface area contributed by atoms with E-state index in [2.05, 4.69) is 47.6 Å². The Kier molecular flexibility index (Phi) is 4.15. The second-order valence-electron chi connectivity index (χ2n) is 10.9. The van der Waals surface area contributed by atoms with Gasteiger partial charge in [0.05, 0.1) is 0 Å². The smallest absolute Gasteiger partial charge is 0.190 e. The van der Waals surface area contributed by atoms with Crippen molar-refractivity contribution in [2.24, 2.45) is 5.41 Å². The van der Waals surface area contributed by atoms with Gasteiger partial charge < -0.3 is 0 Å². The van der Waals surface area contributed by atoms with E-state index in [9.17, 15) is 9.90 Å². The van der Waals surface area contributed by atoms with E-state index in [-0.39, 0.29) is 27.8 Å². The van der Waals surface area contributed by atoms with E-state index in [1.807, 2.05) is 39.0 Å². The Bertz CT molecular complexity index is 984. The Balaban J connectivity index is 2.52. The standard InChI is InChI=1S/C25H31O2/c1-23(2,3)15-10-14-11-18(24(4,5)6)22(27)17-13-19(25(7,8)9)21(26)16(12-15)20(14)17/h10-13H,1-9H3. The molecule has 1 aliphatic carbocycles. The Morgan fingerprint density at radius 3 is 1.81 bits per heavy atom. The fourth-order valence-corrected chi connectivity index (χ4v) is 3.78. The van der Waals surface area contributed by atoms with Gasteiger partial charge in [0.1, 0.15) is 0 Å². The van der Waals surface area contributed by atoms with E-state index < -0.39 is 0 Å². The molecule has 0 unspecified atom stereocenters. The van der Waals surface area contributed by atoms with E-state index in [4.69, 9.17) is 0 Å². The molecule has 143 valence electrons. The van der Waals surface area contributed by atoms with Crippen molar-refractivity contribution in [1.29, 1.82) is 0 Å². The third kappa shape index (κ3) is 3.20. The van der Waals surface area contributed by atoms with Crippen molar-refractivity contribution in [3.63, 3.8) is 0 Å². The third-order valence-corrected chi connectivity index (χ3v) is 5.49. The highest BCUT2D eigenvalue weighted by atomic mass is 16.3. The number of carbonyl (C=O) groups is 1. The highest BCUT2D eigenvalue weighted by Crippen LogP contribution is 2.46. The molecular formula is C25H31O2. The highest BCUT2D eigenvalue weighted by Gasteiger charge is 2.34. The molecule has 0 aromatic heterocycles. The lowest BCUT2D eigenvalue weighted by molar-refractivity contribution is 0.101. The van der Waals surface area contributed by atoms with E-state index in [1.54, 1.807) is 0 Å². The van der Waals surface area contributed by atoms with Crippen molar-refractivity contribution in [1.82, 2.24) is 0 Å². The monoisotopic (exact) mass is 363 g/mol. The molecule has 0 fully saturated rings. The Morgan fingerprint density at radius 1 is 0.741 bits per heavy atom. The molecule has 0 saturated heterocycles. The zero-order valence-electron chi connectivity index (χ0n) is 18.1. The summed E-state index contributed by atoms with van der Waals surface area (Å²) >= 11 is 0. The lowest BCUT2D eigenvalue weighted by atomic mass is 9.73. The average Bonchev–Trinajstić information content (AvgIpc) is 2.48. The number of hydrogen-bond donors (Lipinski definition) is 0. The fourth-order valence-electron chi connectivity index (χ4n) is 3.78. The summed E-state index contributed by atoms with van der Waals surface area (Å²) in [5.74, 6) is 0.100. The molecule has 3 rings (SSSR count). The predicted molar refractivity (Wildman–Crippen MR) is 113 cm³/mol. The predicted octanol–water partition coefficient (Wildman–Crippen LogP) is 7.20. The van der Waals surface area contributed by atoms with E-state index in [0.29, 0.717) is 16.5 Å². The van der Waals surface area contributed by atoms with Crippen molar-refractivity contribution >= 4 is 22.6 Å². The summed E-state index contributed by atoms with van der Waals surface area (Å²) < 4.78 is 0. The van der Waals surface area contributed by atoms with Gasteiger partial charge in [-0.3, -0.25) is 9.90 Å². The number of benzene rings is 2.